The second kappa shape index (κ2) is 4.06. The first-order valence-corrected chi connectivity index (χ1v) is 6.74. The first-order valence-electron chi connectivity index (χ1n) is 6.74. The van der Waals surface area contributed by atoms with Gasteiger partial charge in [0.05, 0.1) is 17.0 Å². The summed E-state index contributed by atoms with van der Waals surface area (Å²) < 4.78 is 0. The lowest BCUT2D eigenvalue weighted by molar-refractivity contribution is 0.457. The number of hydrogen-bond donors (Lipinski definition) is 3. The summed E-state index contributed by atoms with van der Waals surface area (Å²) in [6.45, 7) is 2.00. The van der Waals surface area contributed by atoms with Crippen molar-refractivity contribution in [2.45, 2.75) is 6.92 Å². The number of aromatic nitrogens is 1. The molecule has 2 heterocycles. The lowest BCUT2D eigenvalue weighted by Gasteiger charge is -2.01. The third-order valence-electron chi connectivity index (χ3n) is 3.81. The molecular weight excluding hydrogens is 262 g/mol. The Morgan fingerprint density at radius 3 is 2.76 bits per heavy atom. The molecule has 3 N–H and O–H groups in total. The van der Waals surface area contributed by atoms with Gasteiger partial charge in [-0.15, -0.1) is 0 Å². The number of nitrogens with one attached hydrogen (secondary N) is 2. The minimum atomic E-state index is 0.0620. The van der Waals surface area contributed by atoms with Crippen LogP contribution in [-0.4, -0.2) is 21.5 Å². The fourth-order valence-corrected chi connectivity index (χ4v) is 2.80. The van der Waals surface area contributed by atoms with Crippen LogP contribution in [-0.2, 0) is 0 Å². The number of benzene rings is 2. The van der Waals surface area contributed by atoms with Gasteiger partial charge in [-0.3, -0.25) is 5.41 Å². The predicted molar refractivity (Wildman–Crippen MR) is 84.2 cm³/mol. The summed E-state index contributed by atoms with van der Waals surface area (Å²) in [4.78, 5) is 7.49. The minimum Gasteiger partial charge on any atom is -0.494 e. The number of aryl methyl sites for hydroxylation is 1. The Bertz CT molecular complexity index is 934. The van der Waals surface area contributed by atoms with Crippen molar-refractivity contribution in [3.63, 3.8) is 0 Å². The molecule has 0 atom stereocenters. The van der Waals surface area contributed by atoms with Gasteiger partial charge in [0, 0.05) is 16.5 Å². The van der Waals surface area contributed by atoms with Crippen LogP contribution in [0, 0.1) is 12.3 Å². The number of H-pyrrole nitrogens is 1. The van der Waals surface area contributed by atoms with Crippen molar-refractivity contribution in [1.29, 1.82) is 5.41 Å². The van der Waals surface area contributed by atoms with E-state index in [2.05, 4.69) is 9.98 Å². The molecular formula is C17H13N3O. The molecule has 4 heteroatoms. The van der Waals surface area contributed by atoms with E-state index in [9.17, 15) is 5.11 Å². The van der Waals surface area contributed by atoms with Gasteiger partial charge in [0.15, 0.2) is 5.88 Å². The average Bonchev–Trinajstić information content (AvgIpc) is 2.95. The fraction of sp³-hybridized carbons (Fsp3) is 0.0588. The Morgan fingerprint density at radius 1 is 1.14 bits per heavy atom. The van der Waals surface area contributed by atoms with Crippen LogP contribution >= 0.6 is 0 Å². The Kier molecular flexibility index (Phi) is 2.30. The second-order valence-electron chi connectivity index (χ2n) is 5.25. The maximum Gasteiger partial charge on any atom is 0.199 e. The average molecular weight is 275 g/mol. The molecule has 21 heavy (non-hydrogen) atoms. The zero-order valence-electron chi connectivity index (χ0n) is 11.4. The Morgan fingerprint density at radius 2 is 1.95 bits per heavy atom. The number of fused-ring (bicyclic) bond motifs is 2. The molecule has 102 valence electrons. The number of aromatic hydroxyl groups is 1. The smallest absolute Gasteiger partial charge is 0.199 e. The van der Waals surface area contributed by atoms with Gasteiger partial charge in [0.2, 0.25) is 0 Å². The van der Waals surface area contributed by atoms with E-state index in [1.807, 2.05) is 49.4 Å². The zero-order valence-corrected chi connectivity index (χ0v) is 11.4. The molecule has 0 radical (unpaired) electrons. The summed E-state index contributed by atoms with van der Waals surface area (Å²) in [6, 6.07) is 13.5. The van der Waals surface area contributed by atoms with Crippen molar-refractivity contribution in [3.8, 4) is 5.88 Å². The second-order valence-corrected chi connectivity index (χ2v) is 5.25. The summed E-state index contributed by atoms with van der Waals surface area (Å²) in [5.74, 6) is 0.0620. The maximum absolute atomic E-state index is 10.2. The number of hydrogen-bond acceptors (Lipinski definition) is 3. The molecule has 0 saturated carbocycles. The number of aliphatic imine (C=N–C) groups is 1. The summed E-state index contributed by atoms with van der Waals surface area (Å²) >= 11 is 0. The zero-order chi connectivity index (χ0) is 14.6. The van der Waals surface area contributed by atoms with E-state index in [0.29, 0.717) is 17.0 Å². The summed E-state index contributed by atoms with van der Waals surface area (Å²) in [5.41, 5.74) is 5.01. The standard InChI is InChI=1S/C17H13N3O/c1-9-6-7-10-13(8-9)20-17(21)14(10)16-15(18)11-4-2-3-5-12(11)19-16/h2-8,18,20-21H,1H3. The third-order valence-corrected chi connectivity index (χ3v) is 3.81. The van der Waals surface area contributed by atoms with Gasteiger partial charge in [-0.2, -0.15) is 0 Å². The van der Waals surface area contributed by atoms with E-state index >= 15 is 0 Å². The van der Waals surface area contributed by atoms with Gasteiger partial charge in [-0.1, -0.05) is 30.3 Å². The molecule has 0 fully saturated rings. The number of rotatable bonds is 1. The van der Waals surface area contributed by atoms with Crippen molar-refractivity contribution in [3.05, 3.63) is 59.2 Å². The number of aromatic amines is 1. The highest BCUT2D eigenvalue weighted by Gasteiger charge is 2.26. The van der Waals surface area contributed by atoms with Crippen LogP contribution < -0.4 is 0 Å². The van der Waals surface area contributed by atoms with Gasteiger partial charge in [0.25, 0.3) is 0 Å². The van der Waals surface area contributed by atoms with E-state index in [4.69, 9.17) is 5.41 Å². The highest BCUT2D eigenvalue weighted by molar-refractivity contribution is 6.57. The van der Waals surface area contributed by atoms with Crippen LogP contribution in [0.5, 0.6) is 5.88 Å². The molecule has 0 saturated heterocycles. The van der Waals surface area contributed by atoms with Crippen LogP contribution in [0.3, 0.4) is 0 Å². The maximum atomic E-state index is 10.2. The van der Waals surface area contributed by atoms with Crippen LogP contribution in [0.2, 0.25) is 0 Å². The molecule has 1 aliphatic rings. The van der Waals surface area contributed by atoms with Gasteiger partial charge in [-0.25, -0.2) is 4.99 Å². The highest BCUT2D eigenvalue weighted by atomic mass is 16.3. The van der Waals surface area contributed by atoms with E-state index in [1.165, 1.54) is 0 Å². The minimum absolute atomic E-state index is 0.0620. The van der Waals surface area contributed by atoms with Crippen LogP contribution in [0.15, 0.2) is 47.5 Å². The lowest BCUT2D eigenvalue weighted by atomic mass is 10.0. The van der Waals surface area contributed by atoms with E-state index < -0.39 is 0 Å². The van der Waals surface area contributed by atoms with Crippen LogP contribution in [0.1, 0.15) is 16.7 Å². The third kappa shape index (κ3) is 1.62. The molecule has 4 rings (SSSR count). The van der Waals surface area contributed by atoms with Crippen molar-refractivity contribution in [2.24, 2.45) is 4.99 Å². The van der Waals surface area contributed by atoms with E-state index in [-0.39, 0.29) is 5.88 Å². The molecule has 2 aromatic carbocycles. The first kappa shape index (κ1) is 11.9. The molecule has 1 aromatic heterocycles. The highest BCUT2D eigenvalue weighted by Crippen LogP contribution is 2.35. The van der Waals surface area contributed by atoms with E-state index in [1.54, 1.807) is 0 Å². The molecule has 0 amide bonds. The van der Waals surface area contributed by atoms with Crippen molar-refractivity contribution in [1.82, 2.24) is 4.98 Å². The first-order chi connectivity index (χ1) is 10.1. The van der Waals surface area contributed by atoms with Gasteiger partial charge < -0.3 is 10.1 Å². The van der Waals surface area contributed by atoms with Crippen molar-refractivity contribution < 1.29 is 5.11 Å². The number of para-hydroxylation sites is 1. The summed E-state index contributed by atoms with van der Waals surface area (Å²) in [7, 11) is 0. The van der Waals surface area contributed by atoms with Crippen LogP contribution in [0.25, 0.3) is 10.9 Å². The van der Waals surface area contributed by atoms with Crippen molar-refractivity contribution in [2.75, 3.05) is 0 Å². The normalized spacial score (nSPS) is 13.6. The Balaban J connectivity index is 1.97. The molecule has 3 aromatic rings. The molecule has 1 aliphatic heterocycles. The predicted octanol–water partition coefficient (Wildman–Crippen LogP) is 3.68. The topological polar surface area (TPSA) is 72.2 Å². The molecule has 0 aliphatic carbocycles. The lowest BCUT2D eigenvalue weighted by Crippen LogP contribution is -2.10. The molecule has 0 spiro atoms. The Labute approximate surface area is 121 Å². The quantitative estimate of drug-likeness (QED) is 0.622. The van der Waals surface area contributed by atoms with Gasteiger partial charge >= 0.3 is 0 Å². The summed E-state index contributed by atoms with van der Waals surface area (Å²) in [6.07, 6.45) is 0. The van der Waals surface area contributed by atoms with Crippen molar-refractivity contribution >= 4 is 28.0 Å². The van der Waals surface area contributed by atoms with Gasteiger partial charge in [0.1, 0.15) is 5.71 Å². The largest absolute Gasteiger partial charge is 0.494 e. The van der Waals surface area contributed by atoms with Crippen LogP contribution in [0.4, 0.5) is 5.69 Å². The Hall–Kier alpha value is -2.88. The SMILES string of the molecule is Cc1ccc2c(C3=Nc4ccccc4C3=N)c(O)[nH]c2c1. The van der Waals surface area contributed by atoms with E-state index in [0.717, 1.165) is 27.7 Å². The van der Waals surface area contributed by atoms with Gasteiger partial charge in [-0.05, 0) is 24.6 Å². The monoisotopic (exact) mass is 275 g/mol. The molecule has 0 bridgehead atoms. The molecule has 0 unspecified atom stereocenters. The number of nitrogens with zero attached hydrogens (tertiary/aromatic N) is 1. The fourth-order valence-electron chi connectivity index (χ4n) is 2.80. The summed E-state index contributed by atoms with van der Waals surface area (Å²) in [5, 5.41) is 19.5. The molecule has 4 nitrogen and oxygen atoms in total.